The molecule has 1 rings (SSSR count). The number of thiocarbonyl (C=S) groups is 1. The molecule has 0 bridgehead atoms. The number of hydrogen-bond donors (Lipinski definition) is 0. The third kappa shape index (κ3) is 13.5. The predicted octanol–water partition coefficient (Wildman–Crippen LogP) is 8.84. The first kappa shape index (κ1) is 23.3. The molecular weight excluding hydrogens is 332 g/mol. The van der Waals surface area contributed by atoms with Crippen LogP contribution in [0.25, 0.3) is 0 Å². The maximum atomic E-state index is 5.01. The van der Waals surface area contributed by atoms with E-state index in [9.17, 15) is 0 Å². The first-order chi connectivity index (χ1) is 12.9. The van der Waals surface area contributed by atoms with Crippen LogP contribution in [0.3, 0.4) is 0 Å². The van der Waals surface area contributed by atoms with Crippen LogP contribution >= 0.6 is 12.2 Å². The minimum absolute atomic E-state index is 1.17. The zero-order valence-corrected chi connectivity index (χ0v) is 18.1. The van der Waals surface area contributed by atoms with E-state index in [1.54, 1.807) is 5.37 Å². The number of hydrogen-bond acceptors (Lipinski definition) is 1. The highest BCUT2D eigenvalue weighted by Gasteiger charge is 1.97. The van der Waals surface area contributed by atoms with Crippen molar-refractivity contribution in [3.05, 3.63) is 35.4 Å². The van der Waals surface area contributed by atoms with Crippen molar-refractivity contribution in [3.63, 3.8) is 0 Å². The highest BCUT2D eigenvalue weighted by atomic mass is 32.1. The molecule has 26 heavy (non-hydrogen) atoms. The highest BCUT2D eigenvalue weighted by Crippen LogP contribution is 2.14. The maximum Gasteiger partial charge on any atom is 0.00862 e. The van der Waals surface area contributed by atoms with Crippen LogP contribution in [-0.4, -0.2) is 5.37 Å². The van der Waals surface area contributed by atoms with Gasteiger partial charge in [-0.2, -0.15) is 0 Å². The van der Waals surface area contributed by atoms with Crippen LogP contribution in [0.15, 0.2) is 24.3 Å². The number of rotatable bonds is 18. The second kappa shape index (κ2) is 17.7. The van der Waals surface area contributed by atoms with Gasteiger partial charge >= 0.3 is 0 Å². The predicted molar refractivity (Wildman–Crippen MR) is 122 cm³/mol. The van der Waals surface area contributed by atoms with Crippen molar-refractivity contribution >= 4 is 17.6 Å². The Morgan fingerprint density at radius 3 is 1.58 bits per heavy atom. The van der Waals surface area contributed by atoms with Gasteiger partial charge in [-0.25, -0.2) is 0 Å². The lowest BCUT2D eigenvalue weighted by Gasteiger charge is -2.04. The van der Waals surface area contributed by atoms with Crippen LogP contribution in [0.4, 0.5) is 0 Å². The van der Waals surface area contributed by atoms with Gasteiger partial charge in [0.1, 0.15) is 0 Å². The topological polar surface area (TPSA) is 0 Å². The van der Waals surface area contributed by atoms with Gasteiger partial charge in [0.25, 0.3) is 0 Å². The Bertz CT molecular complexity index is 438. The molecule has 0 aliphatic rings. The standard InChI is InChI=1S/C25H42S/c1-2-3-4-5-6-7-8-9-10-11-12-13-14-15-16-17-19-24-20-18-21-25(22-24)23-26/h18,20-23H,2-17,19H2,1H3. The first-order valence-electron chi connectivity index (χ1n) is 11.4. The van der Waals surface area contributed by atoms with Crippen molar-refractivity contribution in [3.8, 4) is 0 Å². The molecule has 0 atom stereocenters. The molecule has 0 radical (unpaired) electrons. The molecule has 1 aromatic rings. The van der Waals surface area contributed by atoms with E-state index in [0.29, 0.717) is 0 Å². The summed E-state index contributed by atoms with van der Waals surface area (Å²) in [7, 11) is 0. The minimum atomic E-state index is 1.17. The van der Waals surface area contributed by atoms with Crippen LogP contribution in [-0.2, 0) is 6.42 Å². The van der Waals surface area contributed by atoms with Gasteiger partial charge in [-0.3, -0.25) is 0 Å². The zero-order chi connectivity index (χ0) is 18.7. The van der Waals surface area contributed by atoms with Gasteiger partial charge in [-0.15, -0.1) is 0 Å². The second-order valence-electron chi connectivity index (χ2n) is 7.92. The fraction of sp³-hybridized carbons (Fsp3) is 0.720. The average molecular weight is 375 g/mol. The van der Waals surface area contributed by atoms with Gasteiger partial charge < -0.3 is 0 Å². The van der Waals surface area contributed by atoms with Crippen molar-refractivity contribution in [2.75, 3.05) is 0 Å². The molecule has 0 spiro atoms. The molecule has 0 saturated carbocycles. The monoisotopic (exact) mass is 374 g/mol. The first-order valence-corrected chi connectivity index (χ1v) is 11.9. The quantitative estimate of drug-likeness (QED) is 0.183. The number of unbranched alkanes of at least 4 members (excludes halogenated alkanes) is 15. The lowest BCUT2D eigenvalue weighted by Crippen LogP contribution is -1.88. The molecule has 0 amide bonds. The third-order valence-electron chi connectivity index (χ3n) is 5.41. The summed E-state index contributed by atoms with van der Waals surface area (Å²) < 4.78 is 0. The summed E-state index contributed by atoms with van der Waals surface area (Å²) in [5.74, 6) is 0. The van der Waals surface area contributed by atoms with E-state index in [-0.39, 0.29) is 0 Å². The Morgan fingerprint density at radius 1 is 0.654 bits per heavy atom. The molecule has 0 aliphatic carbocycles. The van der Waals surface area contributed by atoms with Crippen molar-refractivity contribution in [1.29, 1.82) is 0 Å². The van der Waals surface area contributed by atoms with Gasteiger partial charge in [0.15, 0.2) is 0 Å². The summed E-state index contributed by atoms with van der Waals surface area (Å²) in [4.78, 5) is 0. The van der Waals surface area contributed by atoms with Crippen LogP contribution in [0, 0.1) is 0 Å². The van der Waals surface area contributed by atoms with Crippen LogP contribution in [0.2, 0.25) is 0 Å². The molecule has 0 heterocycles. The van der Waals surface area contributed by atoms with Gasteiger partial charge in [0, 0.05) is 5.37 Å². The van der Waals surface area contributed by atoms with E-state index >= 15 is 0 Å². The molecule has 0 aromatic heterocycles. The highest BCUT2D eigenvalue weighted by molar-refractivity contribution is 7.79. The summed E-state index contributed by atoms with van der Waals surface area (Å²) >= 11 is 5.01. The summed E-state index contributed by atoms with van der Waals surface area (Å²) in [6.45, 7) is 2.29. The molecule has 148 valence electrons. The normalized spacial score (nSPS) is 11.0. The van der Waals surface area contributed by atoms with Gasteiger partial charge in [0.05, 0.1) is 0 Å². The smallest absolute Gasteiger partial charge is 0.00862 e. The van der Waals surface area contributed by atoms with E-state index < -0.39 is 0 Å². The Morgan fingerprint density at radius 2 is 1.12 bits per heavy atom. The molecule has 0 fully saturated rings. The van der Waals surface area contributed by atoms with E-state index in [4.69, 9.17) is 12.2 Å². The molecular formula is C25H42S. The average Bonchev–Trinajstić information content (AvgIpc) is 2.68. The van der Waals surface area contributed by atoms with Gasteiger partial charge in [0.2, 0.25) is 0 Å². The summed E-state index contributed by atoms with van der Waals surface area (Å²) in [6.07, 6.45) is 24.1. The maximum absolute atomic E-state index is 5.01. The van der Waals surface area contributed by atoms with E-state index in [0.717, 1.165) is 0 Å². The van der Waals surface area contributed by atoms with Gasteiger partial charge in [-0.05, 0) is 24.0 Å². The third-order valence-corrected chi connectivity index (χ3v) is 5.68. The van der Waals surface area contributed by atoms with Crippen molar-refractivity contribution in [2.24, 2.45) is 0 Å². The number of benzene rings is 1. The van der Waals surface area contributed by atoms with E-state index in [1.165, 1.54) is 120 Å². The molecule has 1 heteroatoms. The Labute approximate surface area is 169 Å². The zero-order valence-electron chi connectivity index (χ0n) is 17.3. The summed E-state index contributed by atoms with van der Waals surface area (Å²) in [5.41, 5.74) is 2.61. The molecule has 0 aliphatic heterocycles. The molecule has 0 N–H and O–H groups in total. The Hall–Kier alpha value is -0.690. The lowest BCUT2D eigenvalue weighted by atomic mass is 10.0. The summed E-state index contributed by atoms with van der Waals surface area (Å²) in [6, 6.07) is 8.68. The lowest BCUT2D eigenvalue weighted by molar-refractivity contribution is 0.529. The molecule has 0 unspecified atom stereocenters. The van der Waals surface area contributed by atoms with Crippen molar-refractivity contribution < 1.29 is 0 Å². The van der Waals surface area contributed by atoms with Crippen LogP contribution in [0.1, 0.15) is 121 Å². The van der Waals surface area contributed by atoms with Crippen LogP contribution in [0.5, 0.6) is 0 Å². The largest absolute Gasteiger partial charge is 0.0881 e. The van der Waals surface area contributed by atoms with Crippen molar-refractivity contribution in [2.45, 2.75) is 116 Å². The summed E-state index contributed by atoms with van der Waals surface area (Å²) in [5, 5.41) is 1.77. The van der Waals surface area contributed by atoms with E-state index in [2.05, 4.69) is 31.2 Å². The number of aryl methyl sites for hydroxylation is 1. The molecule has 0 saturated heterocycles. The van der Waals surface area contributed by atoms with Crippen molar-refractivity contribution in [1.82, 2.24) is 0 Å². The second-order valence-corrected chi connectivity index (χ2v) is 8.15. The SMILES string of the molecule is CCCCCCCCCCCCCCCCCCc1cccc(C=S)c1. The van der Waals surface area contributed by atoms with E-state index in [1.807, 2.05) is 0 Å². The Balaban J connectivity index is 1.79. The fourth-order valence-electron chi connectivity index (χ4n) is 3.70. The fourth-order valence-corrected chi connectivity index (χ4v) is 3.85. The van der Waals surface area contributed by atoms with Crippen LogP contribution < -0.4 is 0 Å². The minimum Gasteiger partial charge on any atom is -0.0881 e. The molecule has 0 nitrogen and oxygen atoms in total. The molecule has 1 aromatic carbocycles. The van der Waals surface area contributed by atoms with Gasteiger partial charge in [-0.1, -0.05) is 140 Å². The Kier molecular flexibility index (Phi) is 15.9.